The largest absolute Gasteiger partial charge is 0.257 e. The van der Waals surface area contributed by atoms with E-state index in [0.717, 1.165) is 5.56 Å². The molecule has 0 saturated carbocycles. The van der Waals surface area contributed by atoms with Gasteiger partial charge in [-0.25, -0.2) is 0 Å². The normalized spacial score (nSPS) is 18.6. The van der Waals surface area contributed by atoms with Crippen LogP contribution in [-0.4, -0.2) is 11.5 Å². The molecule has 1 aromatic rings. The summed E-state index contributed by atoms with van der Waals surface area (Å²) >= 11 is 5.82. The molecule has 0 spiro atoms. The molecule has 0 unspecified atom stereocenters. The maximum absolute atomic E-state index is 11.2. The molecule has 1 heterocycles. The van der Waals surface area contributed by atoms with Crippen LogP contribution in [-0.2, 0) is 5.41 Å². The zero-order chi connectivity index (χ0) is 10.3. The van der Waals surface area contributed by atoms with E-state index in [-0.39, 0.29) is 5.41 Å². The van der Waals surface area contributed by atoms with Crippen molar-refractivity contribution in [3.8, 4) is 5.75 Å². The Bertz CT molecular complexity index is 401. The molecule has 0 amide bonds. The van der Waals surface area contributed by atoms with Crippen LogP contribution in [0.4, 0.5) is 0 Å². The fourth-order valence-corrected chi connectivity index (χ4v) is 1.84. The second kappa shape index (κ2) is 2.95. The molecular formula is C10H11ClNO2+. The summed E-state index contributed by atoms with van der Waals surface area (Å²) in [5.74, 6) is 0.559. The summed E-state index contributed by atoms with van der Waals surface area (Å²) in [7, 11) is 0. The Morgan fingerprint density at radius 3 is 2.93 bits per heavy atom. The van der Waals surface area contributed by atoms with Crippen LogP contribution in [0.3, 0.4) is 0 Å². The lowest BCUT2D eigenvalue weighted by molar-refractivity contribution is -0.769. The molecule has 0 fully saturated rings. The monoisotopic (exact) mass is 212 g/mol. The highest BCUT2D eigenvalue weighted by molar-refractivity contribution is 6.30. The Morgan fingerprint density at radius 2 is 2.21 bits per heavy atom. The van der Waals surface area contributed by atoms with Gasteiger partial charge in [-0.3, -0.25) is 0 Å². The lowest BCUT2D eigenvalue weighted by Gasteiger charge is -2.24. The molecule has 0 aromatic heterocycles. The smallest absolute Gasteiger partial charge is 0.190 e. The predicted octanol–water partition coefficient (Wildman–Crippen LogP) is 2.70. The molecule has 0 saturated heterocycles. The molecule has 2 rings (SSSR count). The number of fused-ring (bicyclic) bond motifs is 1. The van der Waals surface area contributed by atoms with Gasteiger partial charge in [-0.05, 0) is 19.9 Å². The summed E-state index contributed by atoms with van der Waals surface area (Å²) in [5.41, 5.74) is 0.828. The van der Waals surface area contributed by atoms with Crippen molar-refractivity contribution in [3.63, 3.8) is 0 Å². The van der Waals surface area contributed by atoms with Crippen LogP contribution in [0.25, 0.3) is 0 Å². The molecule has 0 radical (unpaired) electrons. The van der Waals surface area contributed by atoms with E-state index in [1.54, 1.807) is 6.07 Å². The Balaban J connectivity index is 2.57. The van der Waals surface area contributed by atoms with Crippen LogP contribution in [0.1, 0.15) is 19.4 Å². The summed E-state index contributed by atoms with van der Waals surface area (Å²) in [4.78, 5) is 16.8. The number of benzene rings is 1. The van der Waals surface area contributed by atoms with E-state index in [2.05, 4.69) is 0 Å². The van der Waals surface area contributed by atoms with Gasteiger partial charge >= 0.3 is 0 Å². The van der Waals surface area contributed by atoms with Gasteiger partial charge in [-0.15, -0.1) is 0 Å². The van der Waals surface area contributed by atoms with E-state index in [4.69, 9.17) is 16.4 Å². The van der Waals surface area contributed by atoms with E-state index < -0.39 is 0 Å². The summed E-state index contributed by atoms with van der Waals surface area (Å²) in [6.45, 7) is 4.35. The summed E-state index contributed by atoms with van der Waals surface area (Å²) in [6.07, 6.45) is 0. The third-order valence-electron chi connectivity index (χ3n) is 2.40. The van der Waals surface area contributed by atoms with Gasteiger partial charge in [0, 0.05) is 16.7 Å². The van der Waals surface area contributed by atoms with Crippen LogP contribution in [0.5, 0.6) is 5.75 Å². The van der Waals surface area contributed by atoms with Crippen LogP contribution in [0.15, 0.2) is 18.2 Å². The highest BCUT2D eigenvalue weighted by atomic mass is 35.5. The molecule has 1 aliphatic rings. The number of rotatable bonds is 0. The van der Waals surface area contributed by atoms with E-state index in [9.17, 15) is 4.91 Å². The fraction of sp³-hybridized carbons (Fsp3) is 0.400. The maximum Gasteiger partial charge on any atom is 0.257 e. The van der Waals surface area contributed by atoms with E-state index in [0.29, 0.717) is 22.2 Å². The summed E-state index contributed by atoms with van der Waals surface area (Å²) < 4.78 is 0. The maximum atomic E-state index is 11.2. The highest BCUT2D eigenvalue weighted by Gasteiger charge is 2.39. The van der Waals surface area contributed by atoms with Crippen molar-refractivity contribution >= 4 is 11.6 Å². The zero-order valence-electron chi connectivity index (χ0n) is 8.08. The molecule has 0 N–H and O–H groups in total. The quantitative estimate of drug-likeness (QED) is 0.662. The number of halogens is 1. The predicted molar refractivity (Wildman–Crippen MR) is 53.6 cm³/mol. The van der Waals surface area contributed by atoms with E-state index in [1.807, 2.05) is 26.0 Å². The van der Waals surface area contributed by atoms with Gasteiger partial charge in [0.1, 0.15) is 0 Å². The van der Waals surface area contributed by atoms with Gasteiger partial charge < -0.3 is 0 Å². The van der Waals surface area contributed by atoms with Crippen LogP contribution < -0.4 is 4.84 Å². The first-order valence-electron chi connectivity index (χ1n) is 4.42. The second-order valence-corrected chi connectivity index (χ2v) is 4.54. The average Bonchev–Trinajstić information content (AvgIpc) is 2.00. The van der Waals surface area contributed by atoms with Gasteiger partial charge in [0.25, 0.3) is 6.54 Å². The molecular weight excluding hydrogens is 202 g/mol. The first kappa shape index (κ1) is 9.46. The molecule has 3 nitrogen and oxygen atoms in total. The van der Waals surface area contributed by atoms with Crippen molar-refractivity contribution in [2.24, 2.45) is 0 Å². The molecule has 1 aromatic carbocycles. The molecule has 1 aliphatic heterocycles. The lowest BCUT2D eigenvalue weighted by Crippen LogP contribution is -2.36. The van der Waals surface area contributed by atoms with Crippen LogP contribution in [0.2, 0.25) is 5.02 Å². The van der Waals surface area contributed by atoms with Gasteiger partial charge in [-0.1, -0.05) is 17.7 Å². The minimum Gasteiger partial charge on any atom is -0.190 e. The molecule has 0 atom stereocenters. The fourth-order valence-electron chi connectivity index (χ4n) is 1.68. The molecule has 0 bridgehead atoms. The summed E-state index contributed by atoms with van der Waals surface area (Å²) in [5, 5.41) is 0.579. The average molecular weight is 213 g/mol. The lowest BCUT2D eigenvalue weighted by atomic mass is 9.83. The molecule has 74 valence electrons. The Hall–Kier alpha value is -1.09. The van der Waals surface area contributed by atoms with E-state index in [1.165, 1.54) is 0 Å². The van der Waals surface area contributed by atoms with Gasteiger partial charge in [0.2, 0.25) is 10.7 Å². The van der Waals surface area contributed by atoms with Gasteiger partial charge in [0.05, 0.1) is 10.3 Å². The Morgan fingerprint density at radius 1 is 1.50 bits per heavy atom. The highest BCUT2D eigenvalue weighted by Crippen LogP contribution is 2.37. The second-order valence-electron chi connectivity index (χ2n) is 4.11. The van der Waals surface area contributed by atoms with Crippen LogP contribution in [0, 0.1) is 4.91 Å². The first-order valence-corrected chi connectivity index (χ1v) is 4.79. The molecule has 0 aliphatic carbocycles. The third-order valence-corrected chi connectivity index (χ3v) is 2.63. The molecule has 4 heteroatoms. The van der Waals surface area contributed by atoms with Crippen molar-refractivity contribution in [3.05, 3.63) is 33.7 Å². The summed E-state index contributed by atoms with van der Waals surface area (Å²) in [6, 6.07) is 5.39. The van der Waals surface area contributed by atoms with Crippen molar-refractivity contribution in [1.29, 1.82) is 0 Å². The number of hydrogen-bond donors (Lipinski definition) is 0. The Kier molecular flexibility index (Phi) is 2.00. The van der Waals surface area contributed by atoms with Crippen molar-refractivity contribution in [1.82, 2.24) is 0 Å². The van der Waals surface area contributed by atoms with E-state index >= 15 is 0 Å². The molecule has 14 heavy (non-hydrogen) atoms. The zero-order valence-corrected chi connectivity index (χ0v) is 8.84. The van der Waals surface area contributed by atoms with Crippen molar-refractivity contribution in [2.45, 2.75) is 19.3 Å². The minimum atomic E-state index is -0.195. The SMILES string of the molecule is CC1(C)C[N+](=O)Oc2cc(Cl)ccc21. The van der Waals surface area contributed by atoms with Crippen molar-refractivity contribution in [2.75, 3.05) is 6.54 Å². The topological polar surface area (TPSA) is 29.3 Å². The standard InChI is InChI=1S/C10H11ClNO2/c1-10(2)6-12(13)14-9-5-7(11)3-4-8(9)10/h3-5H,6H2,1-2H3/q+1. The minimum absolute atomic E-state index is 0.195. The Labute approximate surface area is 87.2 Å². The third kappa shape index (κ3) is 1.48. The van der Waals surface area contributed by atoms with Crippen LogP contribution >= 0.6 is 11.6 Å². The first-order chi connectivity index (χ1) is 6.49. The van der Waals surface area contributed by atoms with Gasteiger partial charge in [0.15, 0.2) is 0 Å². The number of hydrogen-bond acceptors (Lipinski definition) is 2. The van der Waals surface area contributed by atoms with Crippen molar-refractivity contribution < 1.29 is 9.76 Å². The van der Waals surface area contributed by atoms with Gasteiger partial charge in [-0.2, -0.15) is 4.84 Å². The number of nitrogens with zero attached hydrogens (tertiary/aromatic N) is 1.